The van der Waals surface area contributed by atoms with Crippen molar-refractivity contribution in [2.75, 3.05) is 6.61 Å². The molecule has 2 atom stereocenters. The second-order valence-electron chi connectivity index (χ2n) is 6.81. The van der Waals surface area contributed by atoms with Gasteiger partial charge in [0, 0.05) is 22.6 Å². The van der Waals surface area contributed by atoms with Gasteiger partial charge in [-0.3, -0.25) is 0 Å². The summed E-state index contributed by atoms with van der Waals surface area (Å²) in [5.74, 6) is 1.75. The van der Waals surface area contributed by atoms with Gasteiger partial charge in [-0.25, -0.2) is 5.01 Å². The molecule has 0 fully saturated rings. The number of thiophene rings is 1. The minimum atomic E-state index is -0.231. The molecule has 3 heterocycles. The maximum atomic E-state index is 6.33. The number of hydrogen-bond acceptors (Lipinski definition) is 5. The van der Waals surface area contributed by atoms with Crippen LogP contribution in [-0.2, 0) is 0 Å². The van der Waals surface area contributed by atoms with E-state index in [1.54, 1.807) is 11.3 Å². The summed E-state index contributed by atoms with van der Waals surface area (Å²) in [6.07, 6.45) is 0.579. The van der Waals surface area contributed by atoms with Crippen LogP contribution in [0.15, 0.2) is 64.4 Å². The molecule has 5 rings (SSSR count). The molecule has 1 aromatic heterocycles. The highest BCUT2D eigenvalue weighted by molar-refractivity contribution is 7.07. The van der Waals surface area contributed by atoms with Crippen LogP contribution in [0.4, 0.5) is 0 Å². The molecule has 28 heavy (non-hydrogen) atoms. The summed E-state index contributed by atoms with van der Waals surface area (Å²) in [7, 11) is 0. The number of hydrazone groups is 1. The number of fused-ring (bicyclic) bond motifs is 3. The summed E-state index contributed by atoms with van der Waals surface area (Å²) in [4.78, 5) is 0. The van der Waals surface area contributed by atoms with Crippen molar-refractivity contribution in [1.82, 2.24) is 5.01 Å². The van der Waals surface area contributed by atoms with E-state index < -0.39 is 0 Å². The van der Waals surface area contributed by atoms with E-state index in [0.29, 0.717) is 11.6 Å². The Labute approximate surface area is 173 Å². The van der Waals surface area contributed by atoms with Gasteiger partial charge in [-0.1, -0.05) is 11.6 Å². The number of ether oxygens (including phenoxy) is 2. The Balaban J connectivity index is 1.53. The Morgan fingerprint density at radius 3 is 2.82 bits per heavy atom. The summed E-state index contributed by atoms with van der Waals surface area (Å²) in [6, 6.07) is 16.2. The van der Waals surface area contributed by atoms with Crippen LogP contribution in [-0.4, -0.2) is 17.3 Å². The number of hydrogen-bond donors (Lipinski definition) is 0. The van der Waals surface area contributed by atoms with E-state index in [-0.39, 0.29) is 12.3 Å². The standard InChI is InChI=1S/C22H19ClN2O2S/c1-2-26-17-6-3-14(4-7-17)19-12-20-18-11-16(23)5-8-21(18)27-22(25(20)24-19)15-9-10-28-13-15/h3-11,13,20,22H,2,12H2,1H3/t20-,22-/m1/s1. The number of benzene rings is 2. The van der Waals surface area contributed by atoms with E-state index in [1.807, 2.05) is 37.3 Å². The molecule has 142 valence electrons. The van der Waals surface area contributed by atoms with Crippen LogP contribution in [0, 0.1) is 0 Å². The fourth-order valence-corrected chi connectivity index (χ4v) is 4.63. The molecule has 0 bridgehead atoms. The average Bonchev–Trinajstić information content (AvgIpc) is 3.39. The van der Waals surface area contributed by atoms with Crippen molar-refractivity contribution in [2.24, 2.45) is 5.10 Å². The molecule has 0 radical (unpaired) electrons. The van der Waals surface area contributed by atoms with Gasteiger partial charge in [0.1, 0.15) is 11.5 Å². The first-order chi connectivity index (χ1) is 13.7. The van der Waals surface area contributed by atoms with E-state index in [1.165, 1.54) is 0 Å². The van der Waals surface area contributed by atoms with Crippen LogP contribution < -0.4 is 9.47 Å². The van der Waals surface area contributed by atoms with E-state index in [0.717, 1.165) is 40.3 Å². The number of halogens is 1. The molecular weight excluding hydrogens is 392 g/mol. The maximum absolute atomic E-state index is 6.33. The second kappa shape index (κ2) is 7.15. The van der Waals surface area contributed by atoms with Crippen LogP contribution in [0.2, 0.25) is 5.02 Å². The monoisotopic (exact) mass is 410 g/mol. The Kier molecular flexibility index (Phi) is 4.49. The maximum Gasteiger partial charge on any atom is 0.214 e. The summed E-state index contributed by atoms with van der Waals surface area (Å²) >= 11 is 7.94. The number of nitrogens with zero attached hydrogens (tertiary/aromatic N) is 2. The van der Waals surface area contributed by atoms with Crippen molar-refractivity contribution >= 4 is 28.6 Å². The van der Waals surface area contributed by atoms with Gasteiger partial charge in [0.2, 0.25) is 6.23 Å². The molecule has 3 aromatic rings. The first-order valence-corrected chi connectivity index (χ1v) is 10.6. The van der Waals surface area contributed by atoms with Gasteiger partial charge in [0.05, 0.1) is 18.4 Å². The van der Waals surface area contributed by atoms with E-state index in [9.17, 15) is 0 Å². The highest BCUT2D eigenvalue weighted by atomic mass is 35.5. The van der Waals surface area contributed by atoms with Gasteiger partial charge in [-0.2, -0.15) is 16.4 Å². The average molecular weight is 411 g/mol. The van der Waals surface area contributed by atoms with Crippen molar-refractivity contribution in [3.63, 3.8) is 0 Å². The molecule has 0 N–H and O–H groups in total. The summed E-state index contributed by atoms with van der Waals surface area (Å²) in [5, 5.41) is 11.9. The normalized spacial score (nSPS) is 20.2. The molecule has 2 aliphatic rings. The Hall–Kier alpha value is -2.50. The van der Waals surface area contributed by atoms with Crippen LogP contribution in [0.3, 0.4) is 0 Å². The SMILES string of the molecule is CCOc1ccc(C2=NN3[C@H](C2)c2cc(Cl)ccc2O[C@@H]3c2ccsc2)cc1. The van der Waals surface area contributed by atoms with Crippen LogP contribution in [0.25, 0.3) is 0 Å². The van der Waals surface area contributed by atoms with Crippen LogP contribution >= 0.6 is 22.9 Å². The quantitative estimate of drug-likeness (QED) is 0.525. The van der Waals surface area contributed by atoms with E-state index >= 15 is 0 Å². The predicted octanol–water partition coefficient (Wildman–Crippen LogP) is 6.04. The van der Waals surface area contributed by atoms with Crippen molar-refractivity contribution < 1.29 is 9.47 Å². The third-order valence-corrected chi connectivity index (χ3v) is 6.02. The van der Waals surface area contributed by atoms with Gasteiger partial charge in [0.15, 0.2) is 0 Å². The zero-order valence-corrected chi connectivity index (χ0v) is 16.9. The molecule has 2 aliphatic heterocycles. The predicted molar refractivity (Wildman–Crippen MR) is 112 cm³/mol. The van der Waals surface area contributed by atoms with Crippen molar-refractivity contribution in [1.29, 1.82) is 0 Å². The smallest absolute Gasteiger partial charge is 0.214 e. The van der Waals surface area contributed by atoms with Crippen molar-refractivity contribution in [2.45, 2.75) is 25.6 Å². The third kappa shape index (κ3) is 3.05. The van der Waals surface area contributed by atoms with Crippen LogP contribution in [0.5, 0.6) is 11.5 Å². The molecule has 2 aromatic carbocycles. The molecule has 0 unspecified atom stereocenters. The van der Waals surface area contributed by atoms with Crippen LogP contribution in [0.1, 0.15) is 42.3 Å². The van der Waals surface area contributed by atoms with E-state index in [2.05, 4.69) is 34.0 Å². The van der Waals surface area contributed by atoms with Crippen molar-refractivity contribution in [3.05, 3.63) is 81.0 Å². The first kappa shape index (κ1) is 17.6. The molecule has 0 amide bonds. The zero-order chi connectivity index (χ0) is 19.1. The molecule has 4 nitrogen and oxygen atoms in total. The lowest BCUT2D eigenvalue weighted by atomic mass is 9.96. The second-order valence-corrected chi connectivity index (χ2v) is 8.03. The minimum absolute atomic E-state index is 0.105. The Morgan fingerprint density at radius 2 is 2.07 bits per heavy atom. The summed E-state index contributed by atoms with van der Waals surface area (Å²) < 4.78 is 11.9. The van der Waals surface area contributed by atoms with Gasteiger partial charge in [-0.15, -0.1) is 0 Å². The molecule has 0 spiro atoms. The molecule has 0 saturated heterocycles. The lowest BCUT2D eigenvalue weighted by molar-refractivity contribution is -0.0187. The third-order valence-electron chi connectivity index (χ3n) is 5.08. The fraction of sp³-hybridized carbons (Fsp3) is 0.227. The Morgan fingerprint density at radius 1 is 1.21 bits per heavy atom. The zero-order valence-electron chi connectivity index (χ0n) is 15.3. The first-order valence-electron chi connectivity index (χ1n) is 9.30. The van der Waals surface area contributed by atoms with Gasteiger partial charge < -0.3 is 9.47 Å². The largest absolute Gasteiger partial charge is 0.494 e. The number of rotatable bonds is 4. The van der Waals surface area contributed by atoms with Gasteiger partial charge in [0.25, 0.3) is 0 Å². The van der Waals surface area contributed by atoms with Crippen molar-refractivity contribution in [3.8, 4) is 11.5 Å². The summed E-state index contributed by atoms with van der Waals surface area (Å²) in [6.45, 7) is 2.65. The highest BCUT2D eigenvalue weighted by Gasteiger charge is 2.41. The fourth-order valence-electron chi connectivity index (χ4n) is 3.78. The minimum Gasteiger partial charge on any atom is -0.494 e. The Bertz CT molecular complexity index is 1020. The highest BCUT2D eigenvalue weighted by Crippen LogP contribution is 2.48. The molecule has 6 heteroatoms. The molecular formula is C22H19ClN2O2S. The van der Waals surface area contributed by atoms with Gasteiger partial charge in [-0.05, 0) is 71.8 Å². The lowest BCUT2D eigenvalue weighted by Gasteiger charge is -2.37. The molecule has 0 aliphatic carbocycles. The van der Waals surface area contributed by atoms with E-state index in [4.69, 9.17) is 26.2 Å². The molecule has 0 saturated carbocycles. The lowest BCUT2D eigenvalue weighted by Crippen LogP contribution is -2.33. The topological polar surface area (TPSA) is 34.1 Å². The van der Waals surface area contributed by atoms with Gasteiger partial charge >= 0.3 is 0 Å². The summed E-state index contributed by atoms with van der Waals surface area (Å²) in [5.41, 5.74) is 4.35.